The summed E-state index contributed by atoms with van der Waals surface area (Å²) in [6.45, 7) is 10.5. The fourth-order valence-electron chi connectivity index (χ4n) is 4.76. The van der Waals surface area contributed by atoms with Crippen molar-refractivity contribution < 1.29 is 10.2 Å². The molecule has 2 fully saturated rings. The molecule has 0 aromatic heterocycles. The van der Waals surface area contributed by atoms with E-state index >= 15 is 0 Å². The molecule has 0 aromatic carbocycles. The Bertz CT molecular complexity index is 382. The van der Waals surface area contributed by atoms with Gasteiger partial charge in [-0.15, -0.1) is 0 Å². The Kier molecular flexibility index (Phi) is 4.90. The molecule has 0 bridgehead atoms. The summed E-state index contributed by atoms with van der Waals surface area (Å²) >= 11 is 0. The van der Waals surface area contributed by atoms with Crippen LogP contribution < -0.4 is 0 Å². The van der Waals surface area contributed by atoms with Crippen molar-refractivity contribution in [2.45, 2.75) is 78.4 Å². The summed E-state index contributed by atoms with van der Waals surface area (Å²) in [4.78, 5) is 0. The first-order valence-electron chi connectivity index (χ1n) is 8.75. The van der Waals surface area contributed by atoms with Gasteiger partial charge in [0.15, 0.2) is 0 Å². The van der Waals surface area contributed by atoms with Gasteiger partial charge in [0.2, 0.25) is 0 Å². The van der Waals surface area contributed by atoms with Crippen molar-refractivity contribution in [3.63, 3.8) is 0 Å². The fourth-order valence-corrected chi connectivity index (χ4v) is 4.76. The highest BCUT2D eigenvalue weighted by Gasteiger charge is 2.51. The van der Waals surface area contributed by atoms with Gasteiger partial charge < -0.3 is 10.2 Å². The molecule has 21 heavy (non-hydrogen) atoms. The summed E-state index contributed by atoms with van der Waals surface area (Å²) in [5.41, 5.74) is -0.348. The van der Waals surface area contributed by atoms with Crippen molar-refractivity contribution in [3.8, 4) is 0 Å². The minimum atomic E-state index is -0.653. The first-order chi connectivity index (χ1) is 9.66. The lowest BCUT2D eigenvalue weighted by Crippen LogP contribution is -2.41. The van der Waals surface area contributed by atoms with Crippen LogP contribution in [0.15, 0.2) is 12.2 Å². The molecule has 2 aliphatic carbocycles. The lowest BCUT2D eigenvalue weighted by atomic mass is 9.62. The highest BCUT2D eigenvalue weighted by Crippen LogP contribution is 2.57. The lowest BCUT2D eigenvalue weighted by Gasteiger charge is -2.44. The van der Waals surface area contributed by atoms with E-state index < -0.39 is 5.60 Å². The average Bonchev–Trinajstić information content (AvgIpc) is 2.73. The van der Waals surface area contributed by atoms with Crippen molar-refractivity contribution in [3.05, 3.63) is 12.2 Å². The fraction of sp³-hybridized carbons (Fsp3) is 0.895. The van der Waals surface area contributed by atoms with Gasteiger partial charge in [-0.25, -0.2) is 0 Å². The SMILES string of the molecule is C[C@H](C=C[C@H](C)[C@H]1CCC2C(O)CCC[C@@]21C)C(C)(C)O. The normalized spacial score (nSPS) is 40.2. The third kappa shape index (κ3) is 3.37. The number of aliphatic hydroxyl groups is 2. The van der Waals surface area contributed by atoms with Crippen LogP contribution in [0.3, 0.4) is 0 Å². The third-order valence-electron chi connectivity index (χ3n) is 6.61. The first-order valence-corrected chi connectivity index (χ1v) is 8.75. The Morgan fingerprint density at radius 1 is 1.14 bits per heavy atom. The Morgan fingerprint density at radius 3 is 2.43 bits per heavy atom. The van der Waals surface area contributed by atoms with E-state index in [2.05, 4.69) is 32.9 Å². The first kappa shape index (κ1) is 17.0. The second-order valence-corrected chi connectivity index (χ2v) is 8.44. The Labute approximate surface area is 130 Å². The molecule has 0 amide bonds. The van der Waals surface area contributed by atoms with Crippen LogP contribution in [0.1, 0.15) is 66.7 Å². The lowest BCUT2D eigenvalue weighted by molar-refractivity contribution is -0.0232. The molecule has 2 N–H and O–H groups in total. The summed E-state index contributed by atoms with van der Waals surface area (Å²) in [6, 6.07) is 0. The van der Waals surface area contributed by atoms with Crippen LogP contribution in [-0.4, -0.2) is 21.9 Å². The van der Waals surface area contributed by atoms with Crippen molar-refractivity contribution in [2.75, 3.05) is 0 Å². The number of allylic oxidation sites excluding steroid dienone is 1. The van der Waals surface area contributed by atoms with Gasteiger partial charge in [-0.1, -0.05) is 39.3 Å². The highest BCUT2D eigenvalue weighted by atomic mass is 16.3. The molecular formula is C19H34O2. The molecule has 0 heterocycles. The van der Waals surface area contributed by atoms with Crippen molar-refractivity contribution in [1.82, 2.24) is 0 Å². The second kappa shape index (κ2) is 6.04. The highest BCUT2D eigenvalue weighted by molar-refractivity contribution is 5.06. The van der Waals surface area contributed by atoms with Gasteiger partial charge in [-0.3, -0.25) is 0 Å². The van der Waals surface area contributed by atoms with Crippen LogP contribution in [0.25, 0.3) is 0 Å². The predicted octanol–water partition coefficient (Wildman–Crippen LogP) is 4.16. The van der Waals surface area contributed by atoms with Gasteiger partial charge in [0.05, 0.1) is 11.7 Å². The molecule has 2 unspecified atom stereocenters. The quantitative estimate of drug-likeness (QED) is 0.764. The molecule has 0 aliphatic heterocycles. The second-order valence-electron chi connectivity index (χ2n) is 8.44. The van der Waals surface area contributed by atoms with Crippen LogP contribution in [0.2, 0.25) is 0 Å². The number of hydrogen-bond acceptors (Lipinski definition) is 2. The number of rotatable bonds is 4. The van der Waals surface area contributed by atoms with Gasteiger partial charge in [0.1, 0.15) is 0 Å². The topological polar surface area (TPSA) is 40.5 Å². The number of hydrogen-bond donors (Lipinski definition) is 2. The molecule has 2 heteroatoms. The van der Waals surface area contributed by atoms with Gasteiger partial charge in [-0.2, -0.15) is 0 Å². The van der Waals surface area contributed by atoms with Gasteiger partial charge in [0.25, 0.3) is 0 Å². The van der Waals surface area contributed by atoms with Gasteiger partial charge in [0, 0.05) is 5.92 Å². The standard InChI is InChI=1S/C19H34O2/c1-13(8-9-14(2)18(3,4)21)15-10-11-16-17(20)7-6-12-19(15,16)5/h8-9,13-17,20-21H,6-7,10-12H2,1-5H3/t13-,14+,15+,16?,17?,19+/m0/s1. The van der Waals surface area contributed by atoms with E-state index in [0.717, 1.165) is 6.42 Å². The number of aliphatic hydroxyl groups excluding tert-OH is 1. The average molecular weight is 294 g/mol. The monoisotopic (exact) mass is 294 g/mol. The largest absolute Gasteiger partial charge is 0.393 e. The zero-order chi connectivity index (χ0) is 15.8. The van der Waals surface area contributed by atoms with Gasteiger partial charge in [-0.05, 0) is 62.7 Å². The van der Waals surface area contributed by atoms with E-state index in [0.29, 0.717) is 23.2 Å². The van der Waals surface area contributed by atoms with E-state index in [1.54, 1.807) is 0 Å². The molecule has 6 atom stereocenters. The van der Waals surface area contributed by atoms with Crippen LogP contribution in [0.4, 0.5) is 0 Å². The molecule has 0 radical (unpaired) electrons. The maximum Gasteiger partial charge on any atom is 0.0651 e. The molecule has 0 aromatic rings. The minimum absolute atomic E-state index is 0.0831. The van der Waals surface area contributed by atoms with E-state index in [1.165, 1.54) is 25.7 Å². The van der Waals surface area contributed by atoms with Crippen LogP contribution >= 0.6 is 0 Å². The molecule has 0 spiro atoms. The van der Waals surface area contributed by atoms with Crippen molar-refractivity contribution in [2.24, 2.45) is 29.1 Å². The summed E-state index contributed by atoms with van der Waals surface area (Å²) < 4.78 is 0. The third-order valence-corrected chi connectivity index (χ3v) is 6.61. The Morgan fingerprint density at radius 2 is 1.81 bits per heavy atom. The maximum absolute atomic E-state index is 10.3. The number of fused-ring (bicyclic) bond motifs is 1. The molecular weight excluding hydrogens is 260 g/mol. The van der Waals surface area contributed by atoms with E-state index in [1.807, 2.05) is 13.8 Å². The molecule has 2 aliphatic rings. The zero-order valence-corrected chi connectivity index (χ0v) is 14.5. The van der Waals surface area contributed by atoms with E-state index in [9.17, 15) is 10.2 Å². The van der Waals surface area contributed by atoms with Crippen molar-refractivity contribution in [1.29, 1.82) is 0 Å². The minimum Gasteiger partial charge on any atom is -0.393 e. The zero-order valence-electron chi connectivity index (χ0n) is 14.5. The van der Waals surface area contributed by atoms with Gasteiger partial charge >= 0.3 is 0 Å². The van der Waals surface area contributed by atoms with Crippen molar-refractivity contribution >= 4 is 0 Å². The molecule has 2 nitrogen and oxygen atoms in total. The summed E-state index contributed by atoms with van der Waals surface area (Å²) in [5.74, 6) is 1.86. The maximum atomic E-state index is 10.3. The Hall–Kier alpha value is -0.340. The summed E-state index contributed by atoms with van der Waals surface area (Å²) in [5, 5.41) is 20.4. The molecule has 0 saturated heterocycles. The van der Waals surface area contributed by atoms with Crippen LogP contribution in [-0.2, 0) is 0 Å². The van der Waals surface area contributed by atoms with Crippen LogP contribution in [0, 0.1) is 29.1 Å². The Balaban J connectivity index is 2.06. The van der Waals surface area contributed by atoms with Crippen LogP contribution in [0.5, 0.6) is 0 Å². The summed E-state index contributed by atoms with van der Waals surface area (Å²) in [7, 11) is 0. The smallest absolute Gasteiger partial charge is 0.0651 e. The molecule has 122 valence electrons. The summed E-state index contributed by atoms with van der Waals surface area (Å²) in [6.07, 6.45) is 10.2. The van der Waals surface area contributed by atoms with E-state index in [4.69, 9.17) is 0 Å². The molecule has 2 rings (SSSR count). The van der Waals surface area contributed by atoms with E-state index in [-0.39, 0.29) is 12.0 Å². The molecule has 2 saturated carbocycles. The predicted molar refractivity (Wildman–Crippen MR) is 87.9 cm³/mol.